The lowest BCUT2D eigenvalue weighted by atomic mass is 10.2. The lowest BCUT2D eigenvalue weighted by molar-refractivity contribution is 0.174. The fraction of sp³-hybridized carbons (Fsp3) is 0.217. The third-order valence-electron chi connectivity index (χ3n) is 4.53. The topological polar surface area (TPSA) is 49.0 Å². The number of halogens is 2. The zero-order chi connectivity index (χ0) is 20.9. The van der Waals surface area contributed by atoms with Gasteiger partial charge in [0, 0.05) is 23.3 Å². The molecule has 1 aliphatic heterocycles. The summed E-state index contributed by atoms with van der Waals surface area (Å²) in [4.78, 5) is 0. The van der Waals surface area contributed by atoms with Crippen LogP contribution < -0.4 is 24.3 Å². The maximum absolute atomic E-state index is 6.05. The summed E-state index contributed by atoms with van der Waals surface area (Å²) in [7, 11) is 0. The van der Waals surface area contributed by atoms with E-state index in [0.717, 1.165) is 32.8 Å². The number of benzene rings is 3. The lowest BCUT2D eigenvalue weighted by Crippen LogP contribution is -2.04. The van der Waals surface area contributed by atoms with Crippen LogP contribution in [0.4, 0.5) is 5.69 Å². The molecule has 1 heterocycles. The molecule has 0 atom stereocenters. The Balaban J connectivity index is 1.47. The smallest absolute Gasteiger partial charge is 0.231 e. The van der Waals surface area contributed by atoms with Crippen molar-refractivity contribution in [2.24, 2.45) is 0 Å². The van der Waals surface area contributed by atoms with E-state index in [2.05, 4.69) is 21.2 Å². The van der Waals surface area contributed by atoms with Gasteiger partial charge in [0.25, 0.3) is 0 Å². The summed E-state index contributed by atoms with van der Waals surface area (Å²) in [6.07, 6.45) is 0. The molecule has 30 heavy (non-hydrogen) atoms. The van der Waals surface area contributed by atoms with Crippen molar-refractivity contribution in [3.63, 3.8) is 0 Å². The first kappa shape index (κ1) is 20.7. The van der Waals surface area contributed by atoms with E-state index in [4.69, 9.17) is 30.5 Å². The van der Waals surface area contributed by atoms with E-state index in [0.29, 0.717) is 36.3 Å². The molecular formula is C23H21BrClNO4. The fourth-order valence-corrected chi connectivity index (χ4v) is 3.80. The minimum Gasteiger partial charge on any atom is -0.490 e. The Labute approximate surface area is 189 Å². The Morgan fingerprint density at radius 1 is 0.967 bits per heavy atom. The number of fused-ring (bicyclic) bond motifs is 1. The number of ether oxygens (including phenoxy) is 4. The van der Waals surface area contributed by atoms with Crippen molar-refractivity contribution in [2.45, 2.75) is 20.1 Å². The van der Waals surface area contributed by atoms with Crippen LogP contribution in [0.1, 0.15) is 18.1 Å². The van der Waals surface area contributed by atoms with Crippen LogP contribution in [0.5, 0.6) is 23.0 Å². The highest BCUT2D eigenvalue weighted by Crippen LogP contribution is 2.38. The van der Waals surface area contributed by atoms with Crippen molar-refractivity contribution < 1.29 is 18.9 Å². The molecule has 4 rings (SSSR count). The Kier molecular flexibility index (Phi) is 6.55. The molecule has 0 amide bonds. The summed E-state index contributed by atoms with van der Waals surface area (Å²) in [5.41, 5.74) is 3.04. The summed E-state index contributed by atoms with van der Waals surface area (Å²) >= 11 is 9.58. The van der Waals surface area contributed by atoms with E-state index in [1.165, 1.54) is 0 Å². The summed E-state index contributed by atoms with van der Waals surface area (Å²) in [5, 5.41) is 4.11. The average Bonchev–Trinajstić information content (AvgIpc) is 3.21. The van der Waals surface area contributed by atoms with E-state index in [1.807, 2.05) is 61.5 Å². The van der Waals surface area contributed by atoms with Gasteiger partial charge in [-0.05, 0) is 70.4 Å². The highest BCUT2D eigenvalue weighted by atomic mass is 79.9. The third-order valence-corrected chi connectivity index (χ3v) is 5.38. The van der Waals surface area contributed by atoms with Crippen LogP contribution in [0.15, 0.2) is 59.1 Å². The van der Waals surface area contributed by atoms with Crippen LogP contribution in [-0.4, -0.2) is 13.4 Å². The van der Waals surface area contributed by atoms with Crippen LogP contribution in [0.25, 0.3) is 0 Å². The zero-order valence-corrected chi connectivity index (χ0v) is 18.8. The number of nitrogens with one attached hydrogen (secondary N) is 1. The van der Waals surface area contributed by atoms with Crippen molar-refractivity contribution in [2.75, 3.05) is 18.7 Å². The van der Waals surface area contributed by atoms with E-state index >= 15 is 0 Å². The maximum Gasteiger partial charge on any atom is 0.231 e. The molecule has 3 aromatic carbocycles. The lowest BCUT2D eigenvalue weighted by Gasteiger charge is -2.16. The molecule has 0 bridgehead atoms. The van der Waals surface area contributed by atoms with Crippen molar-refractivity contribution in [1.82, 2.24) is 0 Å². The number of hydrogen-bond acceptors (Lipinski definition) is 5. The molecule has 0 saturated carbocycles. The van der Waals surface area contributed by atoms with E-state index in [1.54, 1.807) is 0 Å². The van der Waals surface area contributed by atoms with Crippen LogP contribution in [-0.2, 0) is 13.2 Å². The fourth-order valence-electron chi connectivity index (χ4n) is 3.07. The van der Waals surface area contributed by atoms with E-state index in [9.17, 15) is 0 Å². The maximum atomic E-state index is 6.05. The molecule has 0 fully saturated rings. The van der Waals surface area contributed by atoms with Gasteiger partial charge in [-0.1, -0.05) is 23.7 Å². The van der Waals surface area contributed by atoms with E-state index in [-0.39, 0.29) is 6.79 Å². The Hall–Kier alpha value is -2.57. The quantitative estimate of drug-likeness (QED) is 0.395. The van der Waals surface area contributed by atoms with Gasteiger partial charge in [0.1, 0.15) is 6.61 Å². The Morgan fingerprint density at radius 2 is 1.77 bits per heavy atom. The molecule has 5 nitrogen and oxygen atoms in total. The summed E-state index contributed by atoms with van der Waals surface area (Å²) in [5.74, 6) is 2.90. The normalized spacial score (nSPS) is 12.0. The SMILES string of the molecule is CCOc1cc(CNc2ccc3c(c2)OCO3)cc(Br)c1OCc1ccc(Cl)cc1. The average molecular weight is 491 g/mol. The summed E-state index contributed by atoms with van der Waals surface area (Å²) in [6, 6.07) is 17.4. The van der Waals surface area contributed by atoms with Gasteiger partial charge in [-0.2, -0.15) is 0 Å². The van der Waals surface area contributed by atoms with Gasteiger partial charge in [0.15, 0.2) is 23.0 Å². The third kappa shape index (κ3) is 4.94. The molecule has 1 N–H and O–H groups in total. The molecular weight excluding hydrogens is 470 g/mol. The van der Waals surface area contributed by atoms with Crippen molar-refractivity contribution >= 4 is 33.2 Å². The predicted molar refractivity (Wildman–Crippen MR) is 121 cm³/mol. The molecule has 7 heteroatoms. The van der Waals surface area contributed by atoms with Crippen LogP contribution in [0.2, 0.25) is 5.02 Å². The van der Waals surface area contributed by atoms with Gasteiger partial charge in [0.05, 0.1) is 11.1 Å². The molecule has 0 spiro atoms. The molecule has 1 aliphatic rings. The van der Waals surface area contributed by atoms with Crippen LogP contribution >= 0.6 is 27.5 Å². The summed E-state index contributed by atoms with van der Waals surface area (Å²) < 4.78 is 23.5. The Morgan fingerprint density at radius 3 is 2.57 bits per heavy atom. The Bertz CT molecular complexity index is 1030. The van der Waals surface area contributed by atoms with Crippen molar-refractivity contribution in [3.05, 3.63) is 75.2 Å². The van der Waals surface area contributed by atoms with Gasteiger partial charge < -0.3 is 24.3 Å². The zero-order valence-electron chi connectivity index (χ0n) is 16.4. The second-order valence-electron chi connectivity index (χ2n) is 6.67. The minimum atomic E-state index is 0.265. The molecule has 0 radical (unpaired) electrons. The molecule has 0 saturated heterocycles. The highest BCUT2D eigenvalue weighted by Gasteiger charge is 2.15. The van der Waals surface area contributed by atoms with Crippen LogP contribution in [0.3, 0.4) is 0 Å². The van der Waals surface area contributed by atoms with Gasteiger partial charge in [0.2, 0.25) is 6.79 Å². The second kappa shape index (κ2) is 9.49. The molecule has 156 valence electrons. The van der Waals surface area contributed by atoms with Gasteiger partial charge in [-0.25, -0.2) is 0 Å². The first-order valence-electron chi connectivity index (χ1n) is 9.58. The largest absolute Gasteiger partial charge is 0.490 e. The van der Waals surface area contributed by atoms with Gasteiger partial charge >= 0.3 is 0 Å². The van der Waals surface area contributed by atoms with Gasteiger partial charge in [-0.15, -0.1) is 0 Å². The van der Waals surface area contributed by atoms with E-state index < -0.39 is 0 Å². The molecule has 3 aromatic rings. The molecule has 0 aliphatic carbocycles. The second-order valence-corrected chi connectivity index (χ2v) is 7.97. The standard InChI is InChI=1S/C23H21BrClNO4/c1-2-27-22-10-16(12-26-18-7-8-20-21(11-18)30-14-29-20)9-19(24)23(22)28-13-15-3-5-17(25)6-4-15/h3-11,26H,2,12-14H2,1H3. The van der Waals surface area contributed by atoms with Crippen LogP contribution in [0, 0.1) is 0 Å². The minimum absolute atomic E-state index is 0.265. The molecule has 0 unspecified atom stereocenters. The predicted octanol–water partition coefficient (Wildman–Crippen LogP) is 6.42. The van der Waals surface area contributed by atoms with Gasteiger partial charge in [-0.3, -0.25) is 0 Å². The molecule has 0 aromatic heterocycles. The number of rotatable bonds is 8. The van der Waals surface area contributed by atoms with Crippen molar-refractivity contribution in [3.8, 4) is 23.0 Å². The highest BCUT2D eigenvalue weighted by molar-refractivity contribution is 9.10. The van der Waals surface area contributed by atoms with Crippen molar-refractivity contribution in [1.29, 1.82) is 0 Å². The monoisotopic (exact) mass is 489 g/mol. The number of hydrogen-bond donors (Lipinski definition) is 1. The first-order chi connectivity index (χ1) is 14.6. The number of anilines is 1. The summed E-state index contributed by atoms with van der Waals surface area (Å²) in [6.45, 7) is 3.80. The first-order valence-corrected chi connectivity index (χ1v) is 10.8.